The summed E-state index contributed by atoms with van der Waals surface area (Å²) in [4.78, 5) is 51.5. The number of carboxylic acids is 1. The van der Waals surface area contributed by atoms with Gasteiger partial charge in [-0.2, -0.15) is 0 Å². The monoisotopic (exact) mass is 841 g/mol. The molecule has 0 spiro atoms. The average molecular weight is 842 g/mol. The zero-order valence-corrected chi connectivity index (χ0v) is 34.8. The maximum atomic E-state index is 15.5. The lowest BCUT2D eigenvalue weighted by atomic mass is 9.91. The Morgan fingerprint density at radius 2 is 1.83 bits per heavy atom. The van der Waals surface area contributed by atoms with Crippen LogP contribution in [0.25, 0.3) is 10.2 Å². The molecule has 1 fully saturated rings. The molecule has 2 unspecified atom stereocenters. The SMILES string of the molecule is Cc1c(Nc2nc3ccccc3s2)nnc2c1CCCN2c1nc(C(=O)O)c(CCCOC2=CC=C(C#CCN3CCN(C(=O)CCCCC(N)=O)CC3)C(C)C2F)s1. The summed E-state index contributed by atoms with van der Waals surface area (Å²) in [6.45, 7) is 7.84. The summed E-state index contributed by atoms with van der Waals surface area (Å²) in [6, 6.07) is 7.95. The zero-order valence-electron chi connectivity index (χ0n) is 33.2. The second kappa shape index (κ2) is 19.1. The van der Waals surface area contributed by atoms with Crippen LogP contribution in [0, 0.1) is 24.7 Å². The van der Waals surface area contributed by atoms with Crippen LogP contribution in [0.5, 0.6) is 0 Å². The van der Waals surface area contributed by atoms with Crippen LogP contribution in [-0.2, 0) is 27.2 Å². The molecule has 1 aromatic carbocycles. The number of aryl methyl sites for hydroxylation is 1. The van der Waals surface area contributed by atoms with E-state index in [1.165, 1.54) is 11.3 Å². The van der Waals surface area contributed by atoms with Gasteiger partial charge in [0, 0.05) is 73.1 Å². The molecule has 5 heterocycles. The number of primary amides is 1. The predicted molar refractivity (Wildman–Crippen MR) is 227 cm³/mol. The number of piperazine rings is 1. The number of benzene rings is 1. The Labute approximate surface area is 350 Å². The van der Waals surface area contributed by atoms with Crippen molar-refractivity contribution in [3.63, 3.8) is 0 Å². The van der Waals surface area contributed by atoms with Gasteiger partial charge < -0.3 is 30.7 Å². The third kappa shape index (κ3) is 10.1. The van der Waals surface area contributed by atoms with Crippen molar-refractivity contribution in [3.05, 3.63) is 69.4 Å². The van der Waals surface area contributed by atoms with Gasteiger partial charge in [-0.15, -0.1) is 21.5 Å². The number of thiazole rings is 2. The number of rotatable bonds is 15. The average Bonchev–Trinajstić information content (AvgIpc) is 3.86. The van der Waals surface area contributed by atoms with E-state index in [4.69, 9.17) is 10.5 Å². The number of hydrogen-bond donors (Lipinski definition) is 3. The highest BCUT2D eigenvalue weighted by Gasteiger charge is 2.30. The van der Waals surface area contributed by atoms with E-state index >= 15 is 4.39 Å². The van der Waals surface area contributed by atoms with Gasteiger partial charge in [-0.1, -0.05) is 42.2 Å². The Balaban J connectivity index is 0.907. The second-order valence-electron chi connectivity index (χ2n) is 14.9. The number of hydrogen-bond acceptors (Lipinski definition) is 13. The quantitative estimate of drug-likeness (QED) is 0.0898. The third-order valence-corrected chi connectivity index (χ3v) is 12.9. The molecule has 310 valence electrons. The molecule has 59 heavy (non-hydrogen) atoms. The highest BCUT2D eigenvalue weighted by molar-refractivity contribution is 7.22. The van der Waals surface area contributed by atoms with E-state index in [1.54, 1.807) is 30.4 Å². The Morgan fingerprint density at radius 1 is 1.03 bits per heavy atom. The number of aromatic carboxylic acids is 1. The molecule has 2 atom stereocenters. The number of carbonyl (C=O) groups excluding carboxylic acids is 2. The molecule has 7 rings (SSSR count). The maximum Gasteiger partial charge on any atom is 0.355 e. The normalized spacial score (nSPS) is 18.1. The summed E-state index contributed by atoms with van der Waals surface area (Å²) in [5.74, 6) is 6.03. The summed E-state index contributed by atoms with van der Waals surface area (Å²) < 4.78 is 22.5. The number of ether oxygens (including phenoxy) is 1. The Bertz CT molecular complexity index is 2290. The number of halogens is 1. The summed E-state index contributed by atoms with van der Waals surface area (Å²) in [5, 5.41) is 23.8. The van der Waals surface area contributed by atoms with E-state index in [2.05, 4.69) is 42.2 Å². The number of alkyl halides is 1. The summed E-state index contributed by atoms with van der Waals surface area (Å²) >= 11 is 2.87. The molecule has 2 amide bonds. The topological polar surface area (TPSA) is 180 Å². The molecular formula is C42H48FN9O5S2. The van der Waals surface area contributed by atoms with Crippen LogP contribution in [0.1, 0.15) is 71.9 Å². The lowest BCUT2D eigenvalue weighted by molar-refractivity contribution is -0.133. The van der Waals surface area contributed by atoms with Crippen LogP contribution in [0.3, 0.4) is 0 Å². The number of allylic oxidation sites excluding steroid dienone is 4. The first kappa shape index (κ1) is 41.7. The van der Waals surface area contributed by atoms with Crippen molar-refractivity contribution in [1.82, 2.24) is 30.0 Å². The van der Waals surface area contributed by atoms with E-state index in [9.17, 15) is 19.5 Å². The highest BCUT2D eigenvalue weighted by Crippen LogP contribution is 2.39. The van der Waals surface area contributed by atoms with Gasteiger partial charge >= 0.3 is 5.97 Å². The summed E-state index contributed by atoms with van der Waals surface area (Å²) in [6.07, 6.45) is 6.60. The number of nitrogens with zero attached hydrogens (tertiary/aromatic N) is 7. The predicted octanol–water partition coefficient (Wildman–Crippen LogP) is 6.32. The minimum atomic E-state index is -1.35. The van der Waals surface area contributed by atoms with Gasteiger partial charge in [0.15, 0.2) is 33.8 Å². The number of anilines is 4. The van der Waals surface area contributed by atoms with E-state index in [0.29, 0.717) is 105 Å². The number of fused-ring (bicyclic) bond motifs is 2. The first-order valence-electron chi connectivity index (χ1n) is 20.0. The minimum Gasteiger partial charge on any atom is -0.495 e. The van der Waals surface area contributed by atoms with Gasteiger partial charge in [-0.25, -0.2) is 19.2 Å². The van der Waals surface area contributed by atoms with Crippen molar-refractivity contribution in [2.24, 2.45) is 11.7 Å². The highest BCUT2D eigenvalue weighted by atomic mass is 32.1. The summed E-state index contributed by atoms with van der Waals surface area (Å²) in [5.41, 5.74) is 8.78. The molecule has 1 aliphatic carbocycles. The van der Waals surface area contributed by atoms with Gasteiger partial charge in [0.1, 0.15) is 5.76 Å². The fourth-order valence-electron chi connectivity index (χ4n) is 7.37. The van der Waals surface area contributed by atoms with Crippen molar-refractivity contribution in [2.45, 2.75) is 71.4 Å². The minimum absolute atomic E-state index is 0.0000295. The fraction of sp³-hybridized carbons (Fsp3) is 0.452. The van der Waals surface area contributed by atoms with E-state index in [0.717, 1.165) is 39.3 Å². The number of nitrogens with one attached hydrogen (secondary N) is 1. The van der Waals surface area contributed by atoms with Crippen LogP contribution in [0.2, 0.25) is 0 Å². The van der Waals surface area contributed by atoms with E-state index in [1.807, 2.05) is 41.0 Å². The van der Waals surface area contributed by atoms with Crippen molar-refractivity contribution in [3.8, 4) is 11.8 Å². The number of unbranched alkanes of at least 4 members (excludes halogenated alkanes) is 1. The van der Waals surface area contributed by atoms with E-state index < -0.39 is 18.1 Å². The lowest BCUT2D eigenvalue weighted by Crippen LogP contribution is -2.48. The first-order chi connectivity index (χ1) is 28.5. The molecule has 2 aliphatic heterocycles. The van der Waals surface area contributed by atoms with Crippen LogP contribution in [0.15, 0.2) is 47.7 Å². The number of aromatic nitrogens is 4. The molecule has 0 radical (unpaired) electrons. The van der Waals surface area contributed by atoms with Crippen LogP contribution < -0.4 is 16.0 Å². The van der Waals surface area contributed by atoms with Crippen LogP contribution in [-0.4, -0.2) is 105 Å². The summed E-state index contributed by atoms with van der Waals surface area (Å²) in [7, 11) is 0. The molecule has 4 aromatic rings. The van der Waals surface area contributed by atoms with Crippen LogP contribution in [0.4, 0.5) is 26.3 Å². The number of amides is 2. The third-order valence-electron chi connectivity index (χ3n) is 10.8. The maximum absolute atomic E-state index is 15.5. The van der Waals surface area contributed by atoms with Crippen molar-refractivity contribution >= 4 is 72.6 Å². The smallest absolute Gasteiger partial charge is 0.355 e. The number of nitrogens with two attached hydrogens (primary N) is 1. The lowest BCUT2D eigenvalue weighted by Gasteiger charge is -2.33. The standard InChI is InChI=1S/C42H48FN9O5S2/c1-26-28(10-7-19-50-21-23-51(24-22-50)35(54)16-6-5-15-34(44)53)17-18-31(36(26)43)57-25-9-14-33-37(40(55)56)46-42(59-33)52-20-8-11-29-27(2)38(48-49-39(29)52)47-41-45-30-12-3-4-13-32(30)58-41/h3-4,12-13,17-18,26,36H,5-6,8-9,11,14-16,19-25H2,1-2H3,(H2,44,53)(H,55,56)(H,45,47,48). The zero-order chi connectivity index (χ0) is 41.5. The van der Waals surface area contributed by atoms with Gasteiger partial charge in [0.25, 0.3) is 0 Å². The van der Waals surface area contributed by atoms with Crippen molar-refractivity contribution in [2.75, 3.05) is 56.1 Å². The van der Waals surface area contributed by atoms with Gasteiger partial charge in [-0.3, -0.25) is 14.5 Å². The molecule has 0 bridgehead atoms. The molecule has 17 heteroatoms. The Morgan fingerprint density at radius 3 is 2.61 bits per heavy atom. The number of carboxylic acid groups (broad SMARTS) is 1. The van der Waals surface area contributed by atoms with Gasteiger partial charge in [0.05, 0.1) is 23.4 Å². The fourth-order valence-corrected chi connectivity index (χ4v) is 9.36. The molecule has 0 saturated carbocycles. The second-order valence-corrected chi connectivity index (χ2v) is 17.0. The number of carbonyl (C=O) groups is 3. The van der Waals surface area contributed by atoms with Crippen LogP contribution >= 0.6 is 22.7 Å². The van der Waals surface area contributed by atoms with Gasteiger partial charge in [0.2, 0.25) is 11.8 Å². The molecule has 3 aromatic heterocycles. The Kier molecular flexibility index (Phi) is 13.5. The van der Waals surface area contributed by atoms with Crippen molar-refractivity contribution < 1.29 is 28.6 Å². The molecule has 3 aliphatic rings. The van der Waals surface area contributed by atoms with Gasteiger partial charge in [-0.05, 0) is 69.7 Å². The van der Waals surface area contributed by atoms with E-state index in [-0.39, 0.29) is 29.9 Å². The molecule has 1 saturated heterocycles. The number of para-hydroxylation sites is 1. The molecule has 14 nitrogen and oxygen atoms in total. The largest absolute Gasteiger partial charge is 0.495 e. The van der Waals surface area contributed by atoms with Crippen molar-refractivity contribution in [1.29, 1.82) is 0 Å². The molecule has 4 N–H and O–H groups in total. The molecular weight excluding hydrogens is 794 g/mol. The Hall–Kier alpha value is -5.44. The first-order valence-corrected chi connectivity index (χ1v) is 21.6.